The maximum absolute atomic E-state index is 11.5. The Bertz CT molecular complexity index is 1630. The van der Waals surface area contributed by atoms with E-state index in [9.17, 15) is 30.3 Å². The van der Waals surface area contributed by atoms with Gasteiger partial charge in [0.05, 0.1) is 26.5 Å². The standard InChI is InChI=1S/C25H20N7O6S/c26-25(27-21-7-3-5-16-4-1-2-6-20(16)21)39-15-23(17-8-10-18(11-9-17)30(33)34)29-28-22-13-12-19(31(35)36)14-24(22)32(37)38/h1-14,27-28H,15,26H2/q+1/b29-23+. The number of fused-ring (bicyclic) bond motifs is 1. The first-order valence-corrected chi connectivity index (χ1v) is 12.2. The lowest BCUT2D eigenvalue weighted by Crippen LogP contribution is -2.25. The van der Waals surface area contributed by atoms with Gasteiger partial charge in [0.25, 0.3) is 11.4 Å². The number of rotatable bonds is 9. The average molecular weight is 547 g/mol. The lowest BCUT2D eigenvalue weighted by Gasteiger charge is -2.06. The fraction of sp³-hybridized carbons (Fsp3) is 0.0400. The molecule has 0 saturated carbocycles. The van der Waals surface area contributed by atoms with Crippen LogP contribution >= 0.6 is 0 Å². The Labute approximate surface area is 224 Å². The Morgan fingerprint density at radius 2 is 1.46 bits per heavy atom. The molecule has 13 nitrogen and oxygen atoms in total. The molecule has 0 heterocycles. The summed E-state index contributed by atoms with van der Waals surface area (Å²) in [4.78, 5) is 31.6. The van der Waals surface area contributed by atoms with E-state index >= 15 is 0 Å². The molecule has 0 saturated heterocycles. The van der Waals surface area contributed by atoms with E-state index in [2.05, 4.69) is 15.8 Å². The highest BCUT2D eigenvalue weighted by atomic mass is 32.1. The quantitative estimate of drug-likeness (QED) is 0.0883. The number of non-ortho nitro benzene ring substituents is 2. The molecule has 0 aliphatic heterocycles. The van der Waals surface area contributed by atoms with Gasteiger partial charge in [-0.05, 0) is 29.7 Å². The lowest BCUT2D eigenvalue weighted by molar-refractivity contribution is -0.393. The van der Waals surface area contributed by atoms with E-state index in [0.717, 1.165) is 28.6 Å². The number of nitrogens with two attached hydrogens (primary N) is 1. The first-order valence-electron chi connectivity index (χ1n) is 11.2. The summed E-state index contributed by atoms with van der Waals surface area (Å²) < 4.78 is 0. The molecule has 4 N–H and O–H groups in total. The van der Waals surface area contributed by atoms with Crippen LogP contribution in [-0.2, 0) is 11.4 Å². The largest absolute Gasteiger partial charge is 0.343 e. The summed E-state index contributed by atoms with van der Waals surface area (Å²) in [5, 5.41) is 43.4. The van der Waals surface area contributed by atoms with E-state index in [1.807, 2.05) is 42.5 Å². The summed E-state index contributed by atoms with van der Waals surface area (Å²) in [6, 6.07) is 22.3. The van der Waals surface area contributed by atoms with Crippen molar-refractivity contribution in [2.75, 3.05) is 16.5 Å². The molecule has 0 unspecified atom stereocenters. The molecule has 4 aromatic rings. The van der Waals surface area contributed by atoms with Gasteiger partial charge in [0.2, 0.25) is 17.1 Å². The van der Waals surface area contributed by atoms with E-state index in [4.69, 9.17) is 5.73 Å². The van der Waals surface area contributed by atoms with Crippen LogP contribution in [-0.4, -0.2) is 31.3 Å². The van der Waals surface area contributed by atoms with Crippen molar-refractivity contribution in [2.24, 2.45) is 10.8 Å². The molecule has 0 amide bonds. The second-order valence-corrected chi connectivity index (χ2v) is 9.01. The monoisotopic (exact) mass is 546 g/mol. The van der Waals surface area contributed by atoms with Gasteiger partial charge < -0.3 is 0 Å². The molecule has 0 spiro atoms. The summed E-state index contributed by atoms with van der Waals surface area (Å²) in [6.07, 6.45) is 0. The second kappa shape index (κ2) is 11.8. The summed E-state index contributed by atoms with van der Waals surface area (Å²) in [7, 11) is 0. The first-order chi connectivity index (χ1) is 18.7. The summed E-state index contributed by atoms with van der Waals surface area (Å²) in [5.74, 6) is 0.176. The van der Waals surface area contributed by atoms with Gasteiger partial charge in [-0.2, -0.15) is 5.10 Å². The molecule has 14 heteroatoms. The van der Waals surface area contributed by atoms with Crippen LogP contribution in [0.5, 0.6) is 0 Å². The zero-order chi connectivity index (χ0) is 27.9. The van der Waals surface area contributed by atoms with Crippen molar-refractivity contribution >= 4 is 61.4 Å². The van der Waals surface area contributed by atoms with E-state index < -0.39 is 26.1 Å². The molecule has 0 aliphatic carbocycles. The van der Waals surface area contributed by atoms with Crippen LogP contribution in [0.4, 0.5) is 28.4 Å². The van der Waals surface area contributed by atoms with Crippen molar-refractivity contribution in [3.05, 3.63) is 121 Å². The minimum Gasteiger partial charge on any atom is -0.298 e. The van der Waals surface area contributed by atoms with Gasteiger partial charge in [-0.25, -0.2) is 5.73 Å². The van der Waals surface area contributed by atoms with Crippen molar-refractivity contribution in [2.45, 2.75) is 0 Å². The van der Waals surface area contributed by atoms with Crippen molar-refractivity contribution in [3.8, 4) is 0 Å². The second-order valence-electron chi connectivity index (χ2n) is 7.99. The smallest absolute Gasteiger partial charge is 0.298 e. The number of hydrogen-bond acceptors (Lipinski definition) is 8. The summed E-state index contributed by atoms with van der Waals surface area (Å²) >= 11 is 1.20. The van der Waals surface area contributed by atoms with Crippen LogP contribution in [0.25, 0.3) is 10.8 Å². The topological polar surface area (TPSA) is 192 Å². The Balaban J connectivity index is 1.64. The number of nitrogens with one attached hydrogen (secondary N) is 2. The van der Waals surface area contributed by atoms with Crippen LogP contribution in [0.2, 0.25) is 0 Å². The molecule has 4 aromatic carbocycles. The predicted octanol–water partition coefficient (Wildman–Crippen LogP) is 4.62. The van der Waals surface area contributed by atoms with Gasteiger partial charge in [-0.3, -0.25) is 41.1 Å². The van der Waals surface area contributed by atoms with Crippen LogP contribution in [0.1, 0.15) is 5.56 Å². The minimum atomic E-state index is -0.759. The third kappa shape index (κ3) is 6.51. The van der Waals surface area contributed by atoms with Gasteiger partial charge >= 0.3 is 10.8 Å². The highest BCUT2D eigenvalue weighted by Crippen LogP contribution is 2.29. The average Bonchev–Trinajstić information content (AvgIpc) is 2.93. The maximum atomic E-state index is 11.5. The maximum Gasteiger partial charge on any atom is 0.343 e. The first kappa shape index (κ1) is 26.7. The molecule has 4 rings (SSSR count). The van der Waals surface area contributed by atoms with Crippen LogP contribution in [0.3, 0.4) is 0 Å². The number of nitro benzene ring substituents is 3. The molecule has 0 aromatic heterocycles. The zero-order valence-corrected chi connectivity index (χ0v) is 20.8. The minimum absolute atomic E-state index is 0.0687. The van der Waals surface area contributed by atoms with Crippen molar-refractivity contribution < 1.29 is 14.8 Å². The Hall–Kier alpha value is -5.34. The molecular weight excluding hydrogens is 526 g/mol. The number of anilines is 2. The molecule has 0 radical (unpaired) electrons. The third-order valence-corrected chi connectivity index (χ3v) is 6.35. The van der Waals surface area contributed by atoms with Gasteiger partial charge in [0, 0.05) is 29.1 Å². The van der Waals surface area contributed by atoms with Crippen molar-refractivity contribution in [1.29, 1.82) is 0 Å². The molecule has 39 heavy (non-hydrogen) atoms. The van der Waals surface area contributed by atoms with E-state index in [-0.39, 0.29) is 17.1 Å². The van der Waals surface area contributed by atoms with Gasteiger partial charge in [-0.15, -0.1) is 0 Å². The molecule has 0 atom stereocenters. The number of nitro groups is 3. The number of nitrogens with zero attached hydrogens (tertiary/aromatic N) is 4. The summed E-state index contributed by atoms with van der Waals surface area (Å²) in [5.41, 5.74) is 9.36. The van der Waals surface area contributed by atoms with E-state index in [0.29, 0.717) is 16.4 Å². The summed E-state index contributed by atoms with van der Waals surface area (Å²) in [6.45, 7) is 0. The molecular formula is C25H20N7O6S+. The van der Waals surface area contributed by atoms with Gasteiger partial charge in [-0.1, -0.05) is 36.4 Å². The fourth-order valence-electron chi connectivity index (χ4n) is 3.61. The van der Waals surface area contributed by atoms with Crippen molar-refractivity contribution in [1.82, 2.24) is 0 Å². The van der Waals surface area contributed by atoms with Crippen LogP contribution < -0.4 is 16.5 Å². The predicted molar refractivity (Wildman–Crippen MR) is 152 cm³/mol. The normalized spacial score (nSPS) is 11.7. The zero-order valence-electron chi connectivity index (χ0n) is 20.0. The lowest BCUT2D eigenvalue weighted by atomic mass is 10.1. The fourth-order valence-corrected chi connectivity index (χ4v) is 4.32. The Morgan fingerprint density at radius 3 is 2.15 bits per heavy atom. The van der Waals surface area contributed by atoms with Gasteiger partial charge in [0.15, 0.2) is 0 Å². The Morgan fingerprint density at radius 1 is 0.795 bits per heavy atom. The number of hydrogen-bond donors (Lipinski definition) is 3. The number of benzene rings is 4. The SMILES string of the molecule is N/C(Nc1cccc2ccccc12)=[S+]\C/C(=N\Nc1ccc([N+](=O)[O-])cc1[N+](=O)[O-])c1ccc([N+](=O)[O-])cc1. The van der Waals surface area contributed by atoms with E-state index in [1.165, 1.54) is 41.7 Å². The molecule has 0 fully saturated rings. The highest BCUT2D eigenvalue weighted by Gasteiger charge is 2.21. The van der Waals surface area contributed by atoms with Crippen LogP contribution in [0.15, 0.2) is 90.0 Å². The van der Waals surface area contributed by atoms with E-state index in [1.54, 1.807) is 0 Å². The third-order valence-electron chi connectivity index (χ3n) is 5.52. The van der Waals surface area contributed by atoms with Gasteiger partial charge in [0.1, 0.15) is 11.4 Å². The molecule has 0 bridgehead atoms. The molecule has 0 aliphatic rings. The van der Waals surface area contributed by atoms with Crippen molar-refractivity contribution in [3.63, 3.8) is 0 Å². The highest BCUT2D eigenvalue weighted by molar-refractivity contribution is 7.79. The van der Waals surface area contributed by atoms with Crippen LogP contribution in [0, 0.1) is 30.3 Å². The number of hydrazone groups is 1. The molecule has 196 valence electrons. The Kier molecular flexibility index (Phi) is 8.09.